The van der Waals surface area contributed by atoms with E-state index in [0.29, 0.717) is 28.7 Å². The zero-order chi connectivity index (χ0) is 16.4. The molecule has 0 fully saturated rings. The van der Waals surface area contributed by atoms with Crippen LogP contribution in [0, 0.1) is 7.43 Å². The zero-order valence-corrected chi connectivity index (χ0v) is 15.2. The number of ketones is 1. The summed E-state index contributed by atoms with van der Waals surface area (Å²) in [5.41, 5.74) is 2.38. The Morgan fingerprint density at radius 3 is 2.62 bits per heavy atom. The van der Waals surface area contributed by atoms with Crippen LogP contribution in [-0.2, 0) is 6.54 Å². The minimum absolute atomic E-state index is 0. The lowest BCUT2D eigenvalue weighted by Gasteiger charge is -2.06. The topological polar surface area (TPSA) is 34.9 Å². The standard InChI is InChI=1S/C18H16Cl2N2O.CH3/c1-2-5-17(23)18-14-6-3-4-7-16(14)22(21-18)11-12-8-9-13(19)10-15(12)20;/h3-4,6-10H,2,5,11H2,1H3;1H3/q;-1. The second kappa shape index (κ2) is 7.82. The number of aromatic nitrogens is 2. The SMILES string of the molecule is CCCC(=O)c1nn(Cc2ccc(Cl)cc2Cl)c2ccccc12.[CH3-]. The van der Waals surface area contributed by atoms with Crippen molar-refractivity contribution >= 4 is 39.9 Å². The molecule has 0 aliphatic rings. The molecule has 0 saturated heterocycles. The van der Waals surface area contributed by atoms with E-state index in [2.05, 4.69) is 5.10 Å². The number of benzene rings is 2. The molecule has 0 amide bonds. The van der Waals surface area contributed by atoms with Crippen LogP contribution in [0.25, 0.3) is 10.9 Å². The van der Waals surface area contributed by atoms with Gasteiger partial charge >= 0.3 is 0 Å². The molecule has 0 bridgehead atoms. The number of fused-ring (bicyclic) bond motifs is 1. The summed E-state index contributed by atoms with van der Waals surface area (Å²) in [6, 6.07) is 13.2. The first-order valence-corrected chi connectivity index (χ1v) is 8.28. The van der Waals surface area contributed by atoms with Crippen molar-refractivity contribution in [2.75, 3.05) is 0 Å². The van der Waals surface area contributed by atoms with Gasteiger partial charge in [0.25, 0.3) is 0 Å². The van der Waals surface area contributed by atoms with Crippen molar-refractivity contribution in [2.24, 2.45) is 0 Å². The van der Waals surface area contributed by atoms with Gasteiger partial charge in [0.05, 0.1) is 12.1 Å². The van der Waals surface area contributed by atoms with Crippen LogP contribution < -0.4 is 0 Å². The molecule has 126 valence electrons. The van der Waals surface area contributed by atoms with Crippen LogP contribution in [0.15, 0.2) is 42.5 Å². The van der Waals surface area contributed by atoms with Crippen LogP contribution >= 0.6 is 23.2 Å². The summed E-state index contributed by atoms with van der Waals surface area (Å²) in [5, 5.41) is 6.62. The van der Waals surface area contributed by atoms with Gasteiger partial charge in [0.1, 0.15) is 5.69 Å². The first-order valence-electron chi connectivity index (χ1n) is 7.53. The smallest absolute Gasteiger partial charge is 0.183 e. The maximum Gasteiger partial charge on any atom is 0.183 e. The van der Waals surface area contributed by atoms with Crippen LogP contribution in [0.5, 0.6) is 0 Å². The number of hydrogen-bond donors (Lipinski definition) is 0. The average molecular weight is 362 g/mol. The Morgan fingerprint density at radius 1 is 1.17 bits per heavy atom. The molecule has 0 unspecified atom stereocenters. The second-order valence-electron chi connectivity index (χ2n) is 5.43. The summed E-state index contributed by atoms with van der Waals surface area (Å²) in [4.78, 5) is 12.3. The molecule has 3 nitrogen and oxygen atoms in total. The van der Waals surface area contributed by atoms with Crippen molar-refractivity contribution in [3.05, 3.63) is 71.2 Å². The van der Waals surface area contributed by atoms with Crippen LogP contribution in [-0.4, -0.2) is 15.6 Å². The molecule has 1 heterocycles. The molecule has 3 rings (SSSR count). The van der Waals surface area contributed by atoms with Crippen LogP contribution in [0.4, 0.5) is 0 Å². The van der Waals surface area contributed by atoms with E-state index >= 15 is 0 Å². The van der Waals surface area contributed by atoms with Crippen molar-refractivity contribution in [1.82, 2.24) is 9.78 Å². The van der Waals surface area contributed by atoms with Gasteiger partial charge in [-0.05, 0) is 30.2 Å². The maximum atomic E-state index is 12.3. The monoisotopic (exact) mass is 361 g/mol. The number of carbonyl (C=O) groups excluding carboxylic acids is 1. The molecule has 0 aliphatic heterocycles. The van der Waals surface area contributed by atoms with E-state index in [4.69, 9.17) is 23.2 Å². The first kappa shape index (κ1) is 18.5. The fraction of sp³-hybridized carbons (Fsp3) is 0.211. The maximum absolute atomic E-state index is 12.3. The highest BCUT2D eigenvalue weighted by Crippen LogP contribution is 2.25. The normalized spacial score (nSPS) is 10.6. The molecule has 24 heavy (non-hydrogen) atoms. The summed E-state index contributed by atoms with van der Waals surface area (Å²) < 4.78 is 1.83. The predicted molar refractivity (Wildman–Crippen MR) is 101 cm³/mol. The lowest BCUT2D eigenvalue weighted by Crippen LogP contribution is -2.05. The minimum atomic E-state index is 0. The van der Waals surface area contributed by atoms with Gasteiger partial charge in [-0.25, -0.2) is 0 Å². The highest BCUT2D eigenvalue weighted by Gasteiger charge is 2.16. The van der Waals surface area contributed by atoms with Gasteiger partial charge in [-0.15, -0.1) is 0 Å². The number of halogens is 2. The molecule has 0 atom stereocenters. The van der Waals surface area contributed by atoms with Gasteiger partial charge in [-0.1, -0.05) is 54.4 Å². The lowest BCUT2D eigenvalue weighted by atomic mass is 10.1. The number of nitrogens with zero attached hydrogens (tertiary/aromatic N) is 2. The van der Waals surface area contributed by atoms with Crippen LogP contribution in [0.1, 0.15) is 35.8 Å². The number of para-hydroxylation sites is 1. The highest BCUT2D eigenvalue weighted by molar-refractivity contribution is 6.35. The largest absolute Gasteiger partial charge is 0.358 e. The number of rotatable bonds is 5. The Morgan fingerprint density at radius 2 is 1.92 bits per heavy atom. The Kier molecular flexibility index (Phi) is 6.03. The van der Waals surface area contributed by atoms with Gasteiger partial charge < -0.3 is 7.43 Å². The van der Waals surface area contributed by atoms with E-state index in [1.165, 1.54) is 0 Å². The third-order valence-corrected chi connectivity index (χ3v) is 4.32. The Labute approximate surface area is 152 Å². The molecule has 5 heteroatoms. The summed E-state index contributed by atoms with van der Waals surface area (Å²) in [6.45, 7) is 2.49. The van der Waals surface area contributed by atoms with E-state index in [9.17, 15) is 4.79 Å². The number of carbonyl (C=O) groups is 1. The van der Waals surface area contributed by atoms with Gasteiger partial charge in [-0.2, -0.15) is 5.10 Å². The van der Waals surface area contributed by atoms with Crippen molar-refractivity contribution in [2.45, 2.75) is 26.3 Å². The fourth-order valence-corrected chi connectivity index (χ4v) is 3.08. The van der Waals surface area contributed by atoms with Crippen molar-refractivity contribution in [3.8, 4) is 0 Å². The Balaban J connectivity index is 0.00000208. The lowest BCUT2D eigenvalue weighted by molar-refractivity contribution is 0.0977. The Bertz CT molecular complexity index is 871. The van der Waals surface area contributed by atoms with E-state index in [1.807, 2.05) is 41.9 Å². The van der Waals surface area contributed by atoms with E-state index in [-0.39, 0.29) is 13.2 Å². The van der Waals surface area contributed by atoms with E-state index in [1.54, 1.807) is 12.1 Å². The van der Waals surface area contributed by atoms with Crippen molar-refractivity contribution < 1.29 is 4.79 Å². The average Bonchev–Trinajstić information content (AvgIpc) is 2.89. The molecule has 0 saturated carbocycles. The minimum Gasteiger partial charge on any atom is -0.358 e. The molecular formula is C19H19Cl2N2O-. The van der Waals surface area contributed by atoms with Crippen LogP contribution in [0.3, 0.4) is 0 Å². The number of Topliss-reactive ketones (excluding diaryl/α,β-unsaturated/α-hetero) is 1. The molecule has 1 aromatic heterocycles. The van der Waals surface area contributed by atoms with Gasteiger partial charge in [0, 0.05) is 21.9 Å². The van der Waals surface area contributed by atoms with Crippen LogP contribution in [0.2, 0.25) is 10.0 Å². The molecule has 0 N–H and O–H groups in total. The third kappa shape index (κ3) is 3.63. The van der Waals surface area contributed by atoms with Gasteiger partial charge in [0.2, 0.25) is 0 Å². The molecule has 2 aromatic carbocycles. The van der Waals surface area contributed by atoms with E-state index < -0.39 is 0 Å². The van der Waals surface area contributed by atoms with Crippen molar-refractivity contribution in [3.63, 3.8) is 0 Å². The zero-order valence-electron chi connectivity index (χ0n) is 13.7. The molecule has 0 aliphatic carbocycles. The molecule has 0 spiro atoms. The van der Waals surface area contributed by atoms with Crippen molar-refractivity contribution in [1.29, 1.82) is 0 Å². The second-order valence-corrected chi connectivity index (χ2v) is 6.28. The summed E-state index contributed by atoms with van der Waals surface area (Å²) in [6.07, 6.45) is 1.31. The Hall–Kier alpha value is -1.84. The fourth-order valence-electron chi connectivity index (χ4n) is 2.61. The summed E-state index contributed by atoms with van der Waals surface area (Å²) in [5.74, 6) is 0.0738. The van der Waals surface area contributed by atoms with E-state index in [0.717, 1.165) is 22.9 Å². The number of hydrogen-bond acceptors (Lipinski definition) is 2. The predicted octanol–water partition coefficient (Wildman–Crippen LogP) is 5.82. The highest BCUT2D eigenvalue weighted by atomic mass is 35.5. The third-order valence-electron chi connectivity index (χ3n) is 3.73. The summed E-state index contributed by atoms with van der Waals surface area (Å²) in [7, 11) is 0. The quantitative estimate of drug-likeness (QED) is 0.423. The summed E-state index contributed by atoms with van der Waals surface area (Å²) >= 11 is 12.2. The molecule has 3 aromatic rings. The van der Waals surface area contributed by atoms with Gasteiger partial charge in [-0.3, -0.25) is 9.48 Å². The van der Waals surface area contributed by atoms with Gasteiger partial charge in [0.15, 0.2) is 5.78 Å². The molecular weight excluding hydrogens is 343 g/mol. The molecule has 0 radical (unpaired) electrons. The first-order chi connectivity index (χ1) is 11.1.